The molecule has 0 unspecified atom stereocenters. The van der Waals surface area contributed by atoms with Crippen molar-refractivity contribution in [2.24, 2.45) is 0 Å². The van der Waals surface area contributed by atoms with Crippen LogP contribution >= 0.6 is 0 Å². The van der Waals surface area contributed by atoms with Crippen molar-refractivity contribution in [1.29, 1.82) is 0 Å². The molecule has 2 aromatic heterocycles. The summed E-state index contributed by atoms with van der Waals surface area (Å²) in [7, 11) is 0. The van der Waals surface area contributed by atoms with Crippen molar-refractivity contribution in [2.45, 2.75) is 19.5 Å². The van der Waals surface area contributed by atoms with Crippen LogP contribution in [0.15, 0.2) is 42.9 Å². The van der Waals surface area contributed by atoms with Gasteiger partial charge >= 0.3 is 0 Å². The molecule has 2 N–H and O–H groups in total. The summed E-state index contributed by atoms with van der Waals surface area (Å²) in [5.74, 6) is 0. The second kappa shape index (κ2) is 4.75. The molecule has 0 spiro atoms. The minimum Gasteiger partial charge on any atom is -0.367 e. The molecular weight excluding hydrogens is 186 g/mol. The van der Waals surface area contributed by atoms with Crippen LogP contribution in [0.3, 0.4) is 0 Å². The molecule has 0 amide bonds. The van der Waals surface area contributed by atoms with Crippen molar-refractivity contribution in [3.05, 3.63) is 54.1 Å². The number of rotatable bonds is 4. The highest BCUT2D eigenvalue weighted by Gasteiger charge is 2.04. The summed E-state index contributed by atoms with van der Waals surface area (Å²) in [5.41, 5.74) is 2.34. The molecule has 2 rings (SSSR count). The Morgan fingerprint density at radius 3 is 3.00 bits per heavy atom. The lowest BCUT2D eigenvalue weighted by molar-refractivity contribution is 0.562. The second-order valence-corrected chi connectivity index (χ2v) is 3.58. The van der Waals surface area contributed by atoms with Crippen LogP contribution in [0.4, 0.5) is 0 Å². The molecule has 78 valence electrons. The average Bonchev–Trinajstić information content (AvgIpc) is 2.80. The quantitative estimate of drug-likeness (QED) is 0.796. The van der Waals surface area contributed by atoms with E-state index in [1.807, 2.05) is 36.8 Å². The number of hydrogen-bond donors (Lipinski definition) is 2. The van der Waals surface area contributed by atoms with E-state index in [4.69, 9.17) is 0 Å². The van der Waals surface area contributed by atoms with E-state index in [9.17, 15) is 0 Å². The first-order valence-corrected chi connectivity index (χ1v) is 5.12. The standard InChI is InChI=1S/C12H15N3/c1-10(12-4-2-3-6-14-12)15-9-11-5-7-13-8-11/h2-8,10,13,15H,9H2,1H3/t10-/m0/s1. The van der Waals surface area contributed by atoms with Crippen LogP contribution in [0.25, 0.3) is 0 Å². The SMILES string of the molecule is C[C@H](NCc1cc[nH]c1)c1ccccn1. The third-order valence-electron chi connectivity index (χ3n) is 2.41. The second-order valence-electron chi connectivity index (χ2n) is 3.58. The Balaban J connectivity index is 1.90. The van der Waals surface area contributed by atoms with Crippen LogP contribution in [0, 0.1) is 0 Å². The highest BCUT2D eigenvalue weighted by molar-refractivity contribution is 5.10. The van der Waals surface area contributed by atoms with Gasteiger partial charge in [-0.15, -0.1) is 0 Å². The molecule has 0 saturated heterocycles. The van der Waals surface area contributed by atoms with Gasteiger partial charge in [-0.1, -0.05) is 6.07 Å². The number of aromatic nitrogens is 2. The van der Waals surface area contributed by atoms with E-state index in [2.05, 4.69) is 28.3 Å². The first kappa shape index (κ1) is 9.93. The fraction of sp³-hybridized carbons (Fsp3) is 0.250. The maximum atomic E-state index is 4.31. The van der Waals surface area contributed by atoms with Gasteiger partial charge in [-0.25, -0.2) is 0 Å². The third kappa shape index (κ3) is 2.67. The molecule has 0 bridgehead atoms. The Morgan fingerprint density at radius 2 is 2.33 bits per heavy atom. The Kier molecular flexibility index (Phi) is 3.15. The third-order valence-corrected chi connectivity index (χ3v) is 2.41. The lowest BCUT2D eigenvalue weighted by Crippen LogP contribution is -2.18. The molecule has 2 heterocycles. The number of pyridine rings is 1. The van der Waals surface area contributed by atoms with Crippen LogP contribution in [0.5, 0.6) is 0 Å². The highest BCUT2D eigenvalue weighted by Crippen LogP contribution is 2.08. The highest BCUT2D eigenvalue weighted by atomic mass is 14.9. The van der Waals surface area contributed by atoms with Crippen LogP contribution < -0.4 is 5.32 Å². The van der Waals surface area contributed by atoms with Gasteiger partial charge in [-0.2, -0.15) is 0 Å². The van der Waals surface area contributed by atoms with Gasteiger partial charge < -0.3 is 10.3 Å². The average molecular weight is 201 g/mol. The number of H-pyrrole nitrogens is 1. The summed E-state index contributed by atoms with van der Waals surface area (Å²) in [6.07, 6.45) is 5.75. The maximum Gasteiger partial charge on any atom is 0.0570 e. The molecule has 0 aromatic carbocycles. The van der Waals surface area contributed by atoms with E-state index in [-0.39, 0.29) is 6.04 Å². The van der Waals surface area contributed by atoms with Gasteiger partial charge in [0.15, 0.2) is 0 Å². The van der Waals surface area contributed by atoms with E-state index >= 15 is 0 Å². The lowest BCUT2D eigenvalue weighted by Gasteiger charge is -2.12. The molecule has 1 atom stereocenters. The van der Waals surface area contributed by atoms with Crippen LogP contribution in [-0.4, -0.2) is 9.97 Å². The number of aromatic amines is 1. The summed E-state index contributed by atoms with van der Waals surface area (Å²) in [6, 6.07) is 8.33. The minimum atomic E-state index is 0.279. The number of nitrogens with one attached hydrogen (secondary N) is 2. The van der Waals surface area contributed by atoms with Gasteiger partial charge in [0.05, 0.1) is 5.69 Å². The predicted octanol–water partition coefficient (Wildman–Crippen LogP) is 2.26. The molecule has 0 aliphatic heterocycles. The zero-order valence-corrected chi connectivity index (χ0v) is 8.77. The summed E-state index contributed by atoms with van der Waals surface area (Å²) in [5, 5.41) is 3.42. The first-order valence-electron chi connectivity index (χ1n) is 5.12. The minimum absolute atomic E-state index is 0.279. The Labute approximate surface area is 89.6 Å². The first-order chi connectivity index (χ1) is 7.36. The van der Waals surface area contributed by atoms with E-state index in [0.29, 0.717) is 0 Å². The van der Waals surface area contributed by atoms with Gasteiger partial charge in [-0.05, 0) is 30.7 Å². The van der Waals surface area contributed by atoms with Crippen molar-refractivity contribution in [3.63, 3.8) is 0 Å². The largest absolute Gasteiger partial charge is 0.367 e. The molecule has 15 heavy (non-hydrogen) atoms. The van der Waals surface area contributed by atoms with E-state index in [1.54, 1.807) is 0 Å². The van der Waals surface area contributed by atoms with E-state index < -0.39 is 0 Å². The van der Waals surface area contributed by atoms with Gasteiger partial charge in [0.25, 0.3) is 0 Å². The van der Waals surface area contributed by atoms with Crippen molar-refractivity contribution in [3.8, 4) is 0 Å². The van der Waals surface area contributed by atoms with Gasteiger partial charge in [0.2, 0.25) is 0 Å². The van der Waals surface area contributed by atoms with Gasteiger partial charge in [-0.3, -0.25) is 4.98 Å². The molecule has 3 nitrogen and oxygen atoms in total. The van der Waals surface area contributed by atoms with Crippen LogP contribution in [-0.2, 0) is 6.54 Å². The normalized spacial score (nSPS) is 12.6. The fourth-order valence-corrected chi connectivity index (χ4v) is 1.48. The monoisotopic (exact) mass is 201 g/mol. The number of hydrogen-bond acceptors (Lipinski definition) is 2. The molecule has 0 aliphatic rings. The molecule has 0 radical (unpaired) electrons. The van der Waals surface area contributed by atoms with Gasteiger partial charge in [0.1, 0.15) is 0 Å². The van der Waals surface area contributed by atoms with Crippen molar-refractivity contribution >= 4 is 0 Å². The molecule has 3 heteroatoms. The zero-order chi connectivity index (χ0) is 10.5. The topological polar surface area (TPSA) is 40.7 Å². The van der Waals surface area contributed by atoms with Crippen molar-refractivity contribution in [2.75, 3.05) is 0 Å². The van der Waals surface area contributed by atoms with Crippen molar-refractivity contribution in [1.82, 2.24) is 15.3 Å². The van der Waals surface area contributed by atoms with Crippen molar-refractivity contribution < 1.29 is 0 Å². The zero-order valence-electron chi connectivity index (χ0n) is 8.77. The maximum absolute atomic E-state index is 4.31. The predicted molar refractivity (Wildman–Crippen MR) is 60.3 cm³/mol. The molecular formula is C12H15N3. The molecule has 0 saturated carbocycles. The summed E-state index contributed by atoms with van der Waals surface area (Å²) in [6.45, 7) is 2.98. The van der Waals surface area contributed by atoms with E-state index in [1.165, 1.54) is 5.56 Å². The Bertz CT molecular complexity index is 381. The summed E-state index contributed by atoms with van der Waals surface area (Å²) >= 11 is 0. The smallest absolute Gasteiger partial charge is 0.0570 e. The lowest BCUT2D eigenvalue weighted by atomic mass is 10.2. The van der Waals surface area contributed by atoms with E-state index in [0.717, 1.165) is 12.2 Å². The Morgan fingerprint density at radius 1 is 1.40 bits per heavy atom. The summed E-state index contributed by atoms with van der Waals surface area (Å²) < 4.78 is 0. The van der Waals surface area contributed by atoms with Crippen LogP contribution in [0.1, 0.15) is 24.2 Å². The fourth-order valence-electron chi connectivity index (χ4n) is 1.48. The van der Waals surface area contributed by atoms with Crippen LogP contribution in [0.2, 0.25) is 0 Å². The molecule has 0 fully saturated rings. The van der Waals surface area contributed by atoms with Gasteiger partial charge in [0, 0.05) is 31.2 Å². The molecule has 0 aliphatic carbocycles. The summed E-state index contributed by atoms with van der Waals surface area (Å²) in [4.78, 5) is 7.35. The molecule has 2 aromatic rings. The number of nitrogens with zero attached hydrogens (tertiary/aromatic N) is 1. The Hall–Kier alpha value is -1.61.